The Morgan fingerprint density at radius 2 is 2.00 bits per heavy atom. The number of nitrogens with zero attached hydrogens (tertiary/aromatic N) is 3. The summed E-state index contributed by atoms with van der Waals surface area (Å²) < 4.78 is 0. The van der Waals surface area contributed by atoms with Crippen LogP contribution in [0, 0.1) is 0 Å². The molecule has 0 aliphatic rings. The van der Waals surface area contributed by atoms with E-state index in [0.29, 0.717) is 11.2 Å². The molecule has 0 aliphatic heterocycles. The highest BCUT2D eigenvalue weighted by molar-refractivity contribution is 6.29. The lowest BCUT2D eigenvalue weighted by atomic mass is 10.3. The fraction of sp³-hybridized carbons (Fsp3) is 0.636. The van der Waals surface area contributed by atoms with Crippen LogP contribution in [0.4, 0.5) is 5.82 Å². The monoisotopic (exact) mass is 242 g/mol. The van der Waals surface area contributed by atoms with E-state index in [1.165, 1.54) is 0 Å². The zero-order valence-electron chi connectivity index (χ0n) is 10.1. The van der Waals surface area contributed by atoms with Gasteiger partial charge in [0.05, 0.1) is 0 Å². The number of halogens is 1. The normalized spacial score (nSPS) is 12.8. The molecule has 5 heteroatoms. The van der Waals surface area contributed by atoms with Crippen LogP contribution in [0.1, 0.15) is 20.8 Å². The van der Waals surface area contributed by atoms with Crippen molar-refractivity contribution >= 4 is 17.4 Å². The smallest absolute Gasteiger partial charge is 0.151 e. The Kier molecular flexibility index (Phi) is 5.49. The molecule has 1 atom stereocenters. The van der Waals surface area contributed by atoms with Gasteiger partial charge in [0.2, 0.25) is 0 Å². The maximum absolute atomic E-state index is 5.67. The highest BCUT2D eigenvalue weighted by atomic mass is 35.5. The Bertz CT molecular complexity index is 297. The van der Waals surface area contributed by atoms with E-state index in [-0.39, 0.29) is 0 Å². The quantitative estimate of drug-likeness (QED) is 0.831. The number of likely N-dealkylation sites (N-methyl/N-ethyl adjacent to an activating group) is 1. The minimum Gasteiger partial charge on any atom is -0.365 e. The maximum atomic E-state index is 5.67. The summed E-state index contributed by atoms with van der Waals surface area (Å²) >= 11 is 5.67. The molecule has 1 aromatic heterocycles. The summed E-state index contributed by atoms with van der Waals surface area (Å²) in [6.07, 6.45) is 0. The largest absolute Gasteiger partial charge is 0.365 e. The maximum Gasteiger partial charge on any atom is 0.151 e. The number of hydrogen-bond acceptors (Lipinski definition) is 4. The van der Waals surface area contributed by atoms with Crippen molar-refractivity contribution in [3.05, 3.63) is 17.3 Å². The van der Waals surface area contributed by atoms with Crippen molar-refractivity contribution in [2.45, 2.75) is 26.8 Å². The fourth-order valence-corrected chi connectivity index (χ4v) is 1.66. The topological polar surface area (TPSA) is 41.0 Å². The van der Waals surface area contributed by atoms with E-state index in [1.54, 1.807) is 6.07 Å². The molecule has 0 bridgehead atoms. The van der Waals surface area contributed by atoms with Crippen LogP contribution in [0.2, 0.25) is 5.15 Å². The third-order valence-electron chi connectivity index (χ3n) is 2.45. The summed E-state index contributed by atoms with van der Waals surface area (Å²) in [4.78, 5) is 2.36. The van der Waals surface area contributed by atoms with Crippen LogP contribution in [-0.4, -0.2) is 40.8 Å². The molecule has 0 aliphatic carbocycles. The lowest BCUT2D eigenvalue weighted by molar-refractivity contribution is 0.294. The number of anilines is 1. The Morgan fingerprint density at radius 3 is 2.50 bits per heavy atom. The summed E-state index contributed by atoms with van der Waals surface area (Å²) in [6.45, 7) is 9.59. The summed E-state index contributed by atoms with van der Waals surface area (Å²) in [6, 6.07) is 3.92. The van der Waals surface area contributed by atoms with Crippen molar-refractivity contribution in [2.24, 2.45) is 0 Å². The van der Waals surface area contributed by atoms with Crippen molar-refractivity contribution in [3.8, 4) is 0 Å². The van der Waals surface area contributed by atoms with Crippen LogP contribution >= 0.6 is 11.6 Å². The molecule has 0 radical (unpaired) electrons. The molecule has 1 unspecified atom stereocenters. The molecular formula is C11H19ClN4. The first-order valence-electron chi connectivity index (χ1n) is 5.63. The first kappa shape index (κ1) is 13.2. The van der Waals surface area contributed by atoms with Crippen LogP contribution < -0.4 is 5.32 Å². The van der Waals surface area contributed by atoms with E-state index in [4.69, 9.17) is 11.6 Å². The SMILES string of the molecule is CCN(CC)CC(C)Nc1ccc(Cl)nn1. The molecule has 1 aromatic rings. The zero-order valence-corrected chi connectivity index (χ0v) is 10.8. The summed E-state index contributed by atoms with van der Waals surface area (Å²) in [5.41, 5.74) is 0. The van der Waals surface area contributed by atoms with Gasteiger partial charge in [-0.15, -0.1) is 10.2 Å². The minimum absolute atomic E-state index is 0.343. The van der Waals surface area contributed by atoms with Crippen LogP contribution in [0.25, 0.3) is 0 Å². The van der Waals surface area contributed by atoms with Gasteiger partial charge >= 0.3 is 0 Å². The van der Waals surface area contributed by atoms with Crippen molar-refractivity contribution in [1.29, 1.82) is 0 Å². The molecule has 0 spiro atoms. The van der Waals surface area contributed by atoms with Gasteiger partial charge in [0.1, 0.15) is 5.82 Å². The number of nitrogens with one attached hydrogen (secondary N) is 1. The lowest BCUT2D eigenvalue weighted by Crippen LogP contribution is -2.34. The van der Waals surface area contributed by atoms with E-state index in [1.807, 2.05) is 6.07 Å². The fourth-order valence-electron chi connectivity index (χ4n) is 1.56. The van der Waals surface area contributed by atoms with E-state index in [9.17, 15) is 0 Å². The van der Waals surface area contributed by atoms with Crippen LogP contribution in [0.3, 0.4) is 0 Å². The summed E-state index contributed by atoms with van der Waals surface area (Å²) in [7, 11) is 0. The molecule has 1 N–H and O–H groups in total. The second-order valence-corrected chi connectivity index (χ2v) is 4.16. The molecule has 1 heterocycles. The average molecular weight is 243 g/mol. The molecule has 0 saturated heterocycles. The Balaban J connectivity index is 2.44. The standard InChI is InChI=1S/C11H19ClN4/c1-4-16(5-2)8-9(3)13-11-7-6-10(12)14-15-11/h6-7,9H,4-5,8H2,1-3H3,(H,13,15). The van der Waals surface area contributed by atoms with E-state index in [0.717, 1.165) is 25.5 Å². The predicted octanol–water partition coefficient (Wildman–Crippen LogP) is 2.27. The van der Waals surface area contributed by atoms with Crippen LogP contribution in [0.15, 0.2) is 12.1 Å². The number of rotatable bonds is 6. The van der Waals surface area contributed by atoms with Gasteiger partial charge < -0.3 is 10.2 Å². The molecule has 1 rings (SSSR count). The molecule has 4 nitrogen and oxygen atoms in total. The first-order valence-corrected chi connectivity index (χ1v) is 6.01. The first-order chi connectivity index (χ1) is 7.65. The molecule has 16 heavy (non-hydrogen) atoms. The molecule has 90 valence electrons. The summed E-state index contributed by atoms with van der Waals surface area (Å²) in [5.74, 6) is 0.768. The highest BCUT2D eigenvalue weighted by Crippen LogP contribution is 2.07. The van der Waals surface area contributed by atoms with Crippen molar-refractivity contribution in [1.82, 2.24) is 15.1 Å². The van der Waals surface area contributed by atoms with Gasteiger partial charge in [-0.1, -0.05) is 25.4 Å². The Morgan fingerprint density at radius 1 is 1.31 bits per heavy atom. The van der Waals surface area contributed by atoms with Crippen LogP contribution in [-0.2, 0) is 0 Å². The van der Waals surface area contributed by atoms with Gasteiger partial charge in [-0.3, -0.25) is 0 Å². The van der Waals surface area contributed by atoms with E-state index >= 15 is 0 Å². The zero-order chi connectivity index (χ0) is 12.0. The average Bonchev–Trinajstić information content (AvgIpc) is 2.29. The Labute approximate surface area is 102 Å². The van der Waals surface area contributed by atoms with Gasteiger partial charge in [0.25, 0.3) is 0 Å². The van der Waals surface area contributed by atoms with Crippen molar-refractivity contribution in [2.75, 3.05) is 25.0 Å². The molecule has 0 amide bonds. The number of aromatic nitrogens is 2. The van der Waals surface area contributed by atoms with Crippen molar-refractivity contribution < 1.29 is 0 Å². The second-order valence-electron chi connectivity index (χ2n) is 3.77. The second kappa shape index (κ2) is 6.66. The van der Waals surface area contributed by atoms with Gasteiger partial charge in [-0.2, -0.15) is 0 Å². The minimum atomic E-state index is 0.343. The van der Waals surface area contributed by atoms with Gasteiger partial charge in [-0.25, -0.2) is 0 Å². The third kappa shape index (κ3) is 4.33. The molecule has 0 fully saturated rings. The van der Waals surface area contributed by atoms with Gasteiger partial charge in [-0.05, 0) is 32.1 Å². The number of hydrogen-bond donors (Lipinski definition) is 1. The van der Waals surface area contributed by atoms with E-state index < -0.39 is 0 Å². The molecule has 0 saturated carbocycles. The molecule has 0 aromatic carbocycles. The highest BCUT2D eigenvalue weighted by Gasteiger charge is 2.07. The van der Waals surface area contributed by atoms with Crippen molar-refractivity contribution in [3.63, 3.8) is 0 Å². The van der Waals surface area contributed by atoms with Gasteiger partial charge in [0.15, 0.2) is 5.15 Å². The Hall–Kier alpha value is -0.870. The third-order valence-corrected chi connectivity index (χ3v) is 2.65. The van der Waals surface area contributed by atoms with E-state index in [2.05, 4.69) is 41.2 Å². The van der Waals surface area contributed by atoms with Gasteiger partial charge in [0, 0.05) is 12.6 Å². The molecular weight excluding hydrogens is 224 g/mol. The van der Waals surface area contributed by atoms with Crippen LogP contribution in [0.5, 0.6) is 0 Å². The predicted molar refractivity (Wildman–Crippen MR) is 67.9 cm³/mol. The lowest BCUT2D eigenvalue weighted by Gasteiger charge is -2.23. The summed E-state index contributed by atoms with van der Waals surface area (Å²) in [5, 5.41) is 11.5.